The first-order valence-electron chi connectivity index (χ1n) is 6.35. The molecule has 0 spiro atoms. The lowest BCUT2D eigenvalue weighted by Crippen LogP contribution is -2.27. The number of thiazole rings is 1. The lowest BCUT2D eigenvalue weighted by Gasteiger charge is -2.13. The molecule has 108 valence electrons. The van der Waals surface area contributed by atoms with Crippen LogP contribution >= 0.6 is 11.3 Å². The molecule has 0 radical (unpaired) electrons. The summed E-state index contributed by atoms with van der Waals surface area (Å²) < 4.78 is 0. The summed E-state index contributed by atoms with van der Waals surface area (Å²) in [5.74, 6) is -0.101. The van der Waals surface area contributed by atoms with E-state index < -0.39 is 0 Å². The Balaban J connectivity index is 1.97. The van der Waals surface area contributed by atoms with Gasteiger partial charge >= 0.3 is 0 Å². The van der Waals surface area contributed by atoms with Crippen molar-refractivity contribution in [1.29, 1.82) is 0 Å². The van der Waals surface area contributed by atoms with Gasteiger partial charge < -0.3 is 5.32 Å². The molecular weight excluding hydrogens is 276 g/mol. The molecule has 0 aliphatic rings. The van der Waals surface area contributed by atoms with Crippen molar-refractivity contribution in [2.75, 3.05) is 6.54 Å². The van der Waals surface area contributed by atoms with Crippen LogP contribution in [0.1, 0.15) is 41.1 Å². The van der Waals surface area contributed by atoms with Gasteiger partial charge in [0.15, 0.2) is 6.33 Å². The number of tetrazole rings is 1. The van der Waals surface area contributed by atoms with E-state index in [0.29, 0.717) is 18.0 Å². The predicted octanol–water partition coefficient (Wildman–Crippen LogP) is 1.17. The summed E-state index contributed by atoms with van der Waals surface area (Å²) in [5.41, 5.74) is 0.731. The number of hydrogen-bond acceptors (Lipinski definition) is 6. The van der Waals surface area contributed by atoms with Crippen LogP contribution < -0.4 is 5.32 Å². The van der Waals surface area contributed by atoms with Gasteiger partial charge in [0.25, 0.3) is 5.91 Å². The van der Waals surface area contributed by atoms with Crippen LogP contribution in [0.5, 0.6) is 0 Å². The van der Waals surface area contributed by atoms with Gasteiger partial charge in [-0.3, -0.25) is 4.79 Å². The second-order valence-corrected chi connectivity index (χ2v) is 6.47. The number of carbonyl (C=O) groups excluding carboxylic acids is 1. The van der Waals surface area contributed by atoms with Crippen molar-refractivity contribution in [3.05, 3.63) is 21.9 Å². The zero-order valence-electron chi connectivity index (χ0n) is 12.0. The highest BCUT2D eigenvalue weighted by Crippen LogP contribution is 2.28. The Morgan fingerprint density at radius 2 is 2.20 bits per heavy atom. The highest BCUT2D eigenvalue weighted by molar-refractivity contribution is 7.14. The molecule has 2 heterocycles. The van der Waals surface area contributed by atoms with Crippen LogP contribution in [0.4, 0.5) is 0 Å². The number of amides is 1. The zero-order valence-corrected chi connectivity index (χ0v) is 12.9. The molecule has 8 heteroatoms. The van der Waals surface area contributed by atoms with E-state index in [1.54, 1.807) is 0 Å². The minimum Gasteiger partial charge on any atom is -0.349 e. The van der Waals surface area contributed by atoms with Gasteiger partial charge in [0.05, 0.1) is 17.2 Å². The normalized spacial score (nSPS) is 11.6. The van der Waals surface area contributed by atoms with Crippen LogP contribution in [0.2, 0.25) is 0 Å². The molecule has 7 nitrogen and oxygen atoms in total. The number of hydrogen-bond donors (Lipinski definition) is 1. The van der Waals surface area contributed by atoms with E-state index in [0.717, 1.165) is 10.7 Å². The quantitative estimate of drug-likeness (QED) is 0.914. The van der Waals surface area contributed by atoms with Crippen LogP contribution in [0.3, 0.4) is 0 Å². The van der Waals surface area contributed by atoms with Crippen molar-refractivity contribution in [3.8, 4) is 0 Å². The first kappa shape index (κ1) is 14.6. The highest BCUT2D eigenvalue weighted by Gasteiger charge is 2.22. The van der Waals surface area contributed by atoms with Crippen LogP contribution in [0.15, 0.2) is 6.33 Å². The van der Waals surface area contributed by atoms with Crippen LogP contribution in [0, 0.1) is 6.92 Å². The zero-order chi connectivity index (χ0) is 14.8. The maximum atomic E-state index is 12.1. The first-order chi connectivity index (χ1) is 9.38. The summed E-state index contributed by atoms with van der Waals surface area (Å²) in [6.07, 6.45) is 1.37. The molecule has 0 fully saturated rings. The molecule has 0 saturated heterocycles. The smallest absolute Gasteiger partial charge is 0.263 e. The second kappa shape index (κ2) is 5.66. The van der Waals surface area contributed by atoms with Gasteiger partial charge in [0.2, 0.25) is 0 Å². The number of aryl methyl sites for hydroxylation is 1. The first-order valence-corrected chi connectivity index (χ1v) is 7.16. The number of aromatic nitrogens is 5. The minimum atomic E-state index is -0.101. The molecule has 2 rings (SSSR count). The molecule has 1 amide bonds. The highest BCUT2D eigenvalue weighted by atomic mass is 32.1. The van der Waals surface area contributed by atoms with Gasteiger partial charge in [-0.2, -0.15) is 4.80 Å². The Kier molecular flexibility index (Phi) is 4.12. The van der Waals surface area contributed by atoms with E-state index in [2.05, 4.69) is 46.5 Å². The van der Waals surface area contributed by atoms with Crippen LogP contribution in [-0.2, 0) is 12.0 Å². The Morgan fingerprint density at radius 3 is 2.75 bits per heavy atom. The fraction of sp³-hybridized carbons (Fsp3) is 0.583. The van der Waals surface area contributed by atoms with E-state index in [-0.39, 0.29) is 11.3 Å². The molecule has 0 aliphatic heterocycles. The van der Waals surface area contributed by atoms with E-state index in [9.17, 15) is 4.79 Å². The summed E-state index contributed by atoms with van der Waals surface area (Å²) in [5, 5.41) is 15.0. The van der Waals surface area contributed by atoms with E-state index in [4.69, 9.17) is 0 Å². The molecule has 0 bridgehead atoms. The summed E-state index contributed by atoms with van der Waals surface area (Å²) in [6.45, 7) is 9.07. The lowest BCUT2D eigenvalue weighted by molar-refractivity contribution is 0.0954. The average molecular weight is 294 g/mol. The molecule has 2 aromatic rings. The molecule has 0 unspecified atom stereocenters. The molecule has 20 heavy (non-hydrogen) atoms. The topological polar surface area (TPSA) is 85.6 Å². The van der Waals surface area contributed by atoms with Gasteiger partial charge in [-0.1, -0.05) is 20.8 Å². The molecule has 0 aromatic carbocycles. The third-order valence-electron chi connectivity index (χ3n) is 2.63. The Labute approximate surface area is 121 Å². The van der Waals surface area contributed by atoms with E-state index in [1.165, 1.54) is 22.5 Å². The third kappa shape index (κ3) is 3.38. The van der Waals surface area contributed by atoms with Crippen molar-refractivity contribution in [1.82, 2.24) is 30.5 Å². The van der Waals surface area contributed by atoms with Gasteiger partial charge in [0, 0.05) is 12.0 Å². The summed E-state index contributed by atoms with van der Waals surface area (Å²) >= 11 is 1.45. The maximum Gasteiger partial charge on any atom is 0.263 e. The monoisotopic (exact) mass is 294 g/mol. The van der Waals surface area contributed by atoms with Crippen molar-refractivity contribution in [2.45, 2.75) is 39.7 Å². The van der Waals surface area contributed by atoms with Crippen LogP contribution in [0.25, 0.3) is 0 Å². The predicted molar refractivity (Wildman–Crippen MR) is 75.7 cm³/mol. The number of nitrogens with one attached hydrogen (secondary N) is 1. The van der Waals surface area contributed by atoms with Gasteiger partial charge in [-0.25, -0.2) is 4.98 Å². The lowest BCUT2D eigenvalue weighted by atomic mass is 9.98. The van der Waals surface area contributed by atoms with E-state index in [1.807, 2.05) is 6.92 Å². The average Bonchev–Trinajstić information content (AvgIpc) is 2.97. The second-order valence-electron chi connectivity index (χ2n) is 5.47. The fourth-order valence-electron chi connectivity index (χ4n) is 1.57. The molecule has 1 N–H and O–H groups in total. The molecule has 0 atom stereocenters. The van der Waals surface area contributed by atoms with Crippen molar-refractivity contribution >= 4 is 17.2 Å². The summed E-state index contributed by atoms with van der Waals surface area (Å²) in [7, 11) is 0. The number of nitrogens with zero attached hydrogens (tertiary/aromatic N) is 5. The Bertz CT molecular complexity index is 584. The number of carbonyl (C=O) groups is 1. The third-order valence-corrected chi connectivity index (χ3v) is 4.22. The van der Waals surface area contributed by atoms with Gasteiger partial charge in [-0.15, -0.1) is 21.5 Å². The standard InChI is InChI=1S/C12H18N6OS/c1-8-9(20-11(16-8)12(2,3)4)10(19)13-5-6-18-15-7-14-17-18/h7H,5-6H2,1-4H3,(H,13,19). The molecule has 0 aliphatic carbocycles. The summed E-state index contributed by atoms with van der Waals surface area (Å²) in [6, 6.07) is 0. The Morgan fingerprint density at radius 1 is 1.45 bits per heavy atom. The summed E-state index contributed by atoms with van der Waals surface area (Å²) in [4.78, 5) is 18.7. The Hall–Kier alpha value is -1.83. The molecule has 0 saturated carbocycles. The largest absolute Gasteiger partial charge is 0.349 e. The SMILES string of the molecule is Cc1nc(C(C)(C)C)sc1C(=O)NCCn1ncnn1. The van der Waals surface area contributed by atoms with Crippen molar-refractivity contribution in [2.24, 2.45) is 0 Å². The molecular formula is C12H18N6OS. The van der Waals surface area contributed by atoms with E-state index >= 15 is 0 Å². The van der Waals surface area contributed by atoms with Crippen LogP contribution in [-0.4, -0.2) is 37.6 Å². The van der Waals surface area contributed by atoms with Crippen molar-refractivity contribution < 1.29 is 4.79 Å². The fourth-order valence-corrected chi connectivity index (χ4v) is 2.61. The molecule has 2 aromatic heterocycles. The maximum absolute atomic E-state index is 12.1. The number of rotatable bonds is 4. The minimum absolute atomic E-state index is 0.0430. The van der Waals surface area contributed by atoms with Crippen molar-refractivity contribution in [3.63, 3.8) is 0 Å². The van der Waals surface area contributed by atoms with Gasteiger partial charge in [-0.05, 0) is 12.1 Å². The van der Waals surface area contributed by atoms with Gasteiger partial charge in [0.1, 0.15) is 4.88 Å².